The number of fused-ring (bicyclic) bond motifs is 1. The van der Waals surface area contributed by atoms with Crippen LogP contribution in [0.25, 0.3) is 0 Å². The number of amides is 1. The van der Waals surface area contributed by atoms with Crippen LogP contribution in [0.15, 0.2) is 23.3 Å². The molecule has 0 radical (unpaired) electrons. The van der Waals surface area contributed by atoms with Crippen molar-refractivity contribution >= 4 is 12.1 Å². The summed E-state index contributed by atoms with van der Waals surface area (Å²) in [5.41, 5.74) is 3.03. The molecule has 0 unspecified atom stereocenters. The number of nitrogens with one attached hydrogen (secondary N) is 1. The summed E-state index contributed by atoms with van der Waals surface area (Å²) in [5, 5.41) is 3.94. The van der Waals surface area contributed by atoms with Crippen LogP contribution < -0.4 is 14.9 Å². The van der Waals surface area contributed by atoms with Crippen LogP contribution in [0.2, 0.25) is 0 Å². The first-order chi connectivity index (χ1) is 9.81. The van der Waals surface area contributed by atoms with Gasteiger partial charge in [-0.2, -0.15) is 5.10 Å². The highest BCUT2D eigenvalue weighted by Crippen LogP contribution is 2.32. The van der Waals surface area contributed by atoms with E-state index < -0.39 is 0 Å². The van der Waals surface area contributed by atoms with Crippen LogP contribution in [-0.4, -0.2) is 18.9 Å². The van der Waals surface area contributed by atoms with Crippen LogP contribution >= 0.6 is 0 Å². The predicted molar refractivity (Wildman–Crippen MR) is 77.3 cm³/mol. The highest BCUT2D eigenvalue weighted by Gasteiger charge is 2.15. The van der Waals surface area contributed by atoms with E-state index in [1.54, 1.807) is 24.4 Å². The second kappa shape index (κ2) is 7.53. The van der Waals surface area contributed by atoms with Gasteiger partial charge in [0, 0.05) is 11.8 Å². The molecule has 1 amide bonds. The largest absolute Gasteiger partial charge is 0.454 e. The molecule has 20 heavy (non-hydrogen) atoms. The summed E-state index contributed by atoms with van der Waals surface area (Å²) in [6.07, 6.45) is 7.42. The smallest absolute Gasteiger partial charge is 0.271 e. The number of carbonyl (C=O) groups is 1. The standard InChI is InChI=1S/C15H20N2O3/c1-2-3-4-5-6-9-16-17-15(18)12-7-8-13-14(10-12)20-11-19-13/h7-10H,2-6,11H2,1H3,(H,17,18)/b16-9+. The molecule has 108 valence electrons. The fourth-order valence-corrected chi connectivity index (χ4v) is 1.93. The van der Waals surface area contributed by atoms with Gasteiger partial charge in [-0.05, 0) is 31.0 Å². The Morgan fingerprint density at radius 3 is 3.00 bits per heavy atom. The van der Waals surface area contributed by atoms with Gasteiger partial charge in [0.15, 0.2) is 11.5 Å². The van der Waals surface area contributed by atoms with Gasteiger partial charge in [0.1, 0.15) is 0 Å². The lowest BCUT2D eigenvalue weighted by atomic mass is 10.2. The van der Waals surface area contributed by atoms with Crippen molar-refractivity contribution in [2.24, 2.45) is 5.10 Å². The molecule has 0 bridgehead atoms. The minimum atomic E-state index is -0.242. The van der Waals surface area contributed by atoms with Crippen molar-refractivity contribution in [3.8, 4) is 11.5 Å². The van der Waals surface area contributed by atoms with E-state index in [0.29, 0.717) is 17.1 Å². The summed E-state index contributed by atoms with van der Waals surface area (Å²) in [7, 11) is 0. The number of hydrazone groups is 1. The topological polar surface area (TPSA) is 59.9 Å². The Bertz CT molecular complexity index is 486. The van der Waals surface area contributed by atoms with Crippen molar-refractivity contribution in [3.05, 3.63) is 23.8 Å². The Balaban J connectivity index is 1.76. The third-order valence-electron chi connectivity index (χ3n) is 3.08. The monoisotopic (exact) mass is 276 g/mol. The molecular weight excluding hydrogens is 256 g/mol. The molecule has 0 spiro atoms. The molecule has 1 heterocycles. The summed E-state index contributed by atoms with van der Waals surface area (Å²) in [4.78, 5) is 11.9. The van der Waals surface area contributed by atoms with Crippen molar-refractivity contribution in [2.75, 3.05) is 6.79 Å². The number of nitrogens with zero attached hydrogens (tertiary/aromatic N) is 1. The normalized spacial score (nSPS) is 12.8. The lowest BCUT2D eigenvalue weighted by Gasteiger charge is -2.01. The fourth-order valence-electron chi connectivity index (χ4n) is 1.93. The molecule has 0 atom stereocenters. The summed E-state index contributed by atoms with van der Waals surface area (Å²) in [6, 6.07) is 5.08. The maximum absolute atomic E-state index is 11.9. The quantitative estimate of drug-likeness (QED) is 0.473. The highest BCUT2D eigenvalue weighted by atomic mass is 16.7. The van der Waals surface area contributed by atoms with E-state index in [1.807, 2.05) is 0 Å². The second-order valence-corrected chi connectivity index (χ2v) is 4.67. The molecule has 0 fully saturated rings. The predicted octanol–water partition coefficient (Wildman–Crippen LogP) is 3.10. The van der Waals surface area contributed by atoms with Crippen LogP contribution in [0.1, 0.15) is 49.4 Å². The summed E-state index contributed by atoms with van der Waals surface area (Å²) < 4.78 is 10.4. The molecule has 0 aromatic heterocycles. The van der Waals surface area contributed by atoms with Crippen molar-refractivity contribution in [3.63, 3.8) is 0 Å². The fraction of sp³-hybridized carbons (Fsp3) is 0.467. The molecular formula is C15H20N2O3. The van der Waals surface area contributed by atoms with Crippen molar-refractivity contribution < 1.29 is 14.3 Å². The molecule has 5 heteroatoms. The molecule has 0 saturated carbocycles. The summed E-state index contributed by atoms with van der Waals surface area (Å²) in [5.74, 6) is 1.02. The van der Waals surface area contributed by atoms with Crippen LogP contribution in [0.5, 0.6) is 11.5 Å². The van der Waals surface area contributed by atoms with E-state index in [-0.39, 0.29) is 12.7 Å². The van der Waals surface area contributed by atoms with Crippen molar-refractivity contribution in [1.82, 2.24) is 5.43 Å². The minimum Gasteiger partial charge on any atom is -0.454 e. The van der Waals surface area contributed by atoms with Crippen LogP contribution in [0.3, 0.4) is 0 Å². The SMILES string of the molecule is CCCCCC/C=N/NC(=O)c1ccc2c(c1)OCO2. The number of rotatable bonds is 7. The van der Waals surface area contributed by atoms with Gasteiger partial charge in [0.25, 0.3) is 5.91 Å². The van der Waals surface area contributed by atoms with Gasteiger partial charge >= 0.3 is 0 Å². The molecule has 1 N–H and O–H groups in total. The molecule has 1 aliphatic heterocycles. The number of hydrogen-bond acceptors (Lipinski definition) is 4. The molecule has 1 aromatic carbocycles. The summed E-state index contributed by atoms with van der Waals surface area (Å²) >= 11 is 0. The third kappa shape index (κ3) is 3.98. The van der Waals surface area contributed by atoms with E-state index in [1.165, 1.54) is 19.3 Å². The van der Waals surface area contributed by atoms with Crippen LogP contribution in [-0.2, 0) is 0 Å². The maximum atomic E-state index is 11.9. The first-order valence-electron chi connectivity index (χ1n) is 7.02. The van der Waals surface area contributed by atoms with Crippen LogP contribution in [0, 0.1) is 0 Å². The average molecular weight is 276 g/mol. The van der Waals surface area contributed by atoms with E-state index in [0.717, 1.165) is 12.8 Å². The second-order valence-electron chi connectivity index (χ2n) is 4.67. The van der Waals surface area contributed by atoms with Gasteiger partial charge in [-0.1, -0.05) is 26.2 Å². The molecule has 5 nitrogen and oxygen atoms in total. The van der Waals surface area contributed by atoms with Gasteiger partial charge in [0.05, 0.1) is 0 Å². The van der Waals surface area contributed by atoms with Gasteiger partial charge in [-0.3, -0.25) is 4.79 Å². The zero-order chi connectivity index (χ0) is 14.2. The van der Waals surface area contributed by atoms with Gasteiger partial charge in [-0.15, -0.1) is 0 Å². The molecule has 0 aliphatic carbocycles. The maximum Gasteiger partial charge on any atom is 0.271 e. The highest BCUT2D eigenvalue weighted by molar-refractivity contribution is 5.95. The Hall–Kier alpha value is -2.04. The van der Waals surface area contributed by atoms with Gasteiger partial charge < -0.3 is 9.47 Å². The van der Waals surface area contributed by atoms with E-state index in [9.17, 15) is 4.79 Å². The molecule has 2 rings (SSSR count). The number of ether oxygens (including phenoxy) is 2. The number of hydrogen-bond donors (Lipinski definition) is 1. The molecule has 0 saturated heterocycles. The third-order valence-corrected chi connectivity index (χ3v) is 3.08. The van der Waals surface area contributed by atoms with E-state index in [4.69, 9.17) is 9.47 Å². The summed E-state index contributed by atoms with van der Waals surface area (Å²) in [6.45, 7) is 2.38. The number of carbonyl (C=O) groups excluding carboxylic acids is 1. The molecule has 1 aliphatic rings. The van der Waals surface area contributed by atoms with E-state index in [2.05, 4.69) is 17.5 Å². The Labute approximate surface area is 119 Å². The van der Waals surface area contributed by atoms with E-state index >= 15 is 0 Å². The Kier molecular flexibility index (Phi) is 5.41. The van der Waals surface area contributed by atoms with Gasteiger partial charge in [0.2, 0.25) is 6.79 Å². The zero-order valence-corrected chi connectivity index (χ0v) is 11.7. The van der Waals surface area contributed by atoms with Gasteiger partial charge in [-0.25, -0.2) is 5.43 Å². The zero-order valence-electron chi connectivity index (χ0n) is 11.7. The molecule has 1 aromatic rings. The van der Waals surface area contributed by atoms with Crippen molar-refractivity contribution in [1.29, 1.82) is 0 Å². The minimum absolute atomic E-state index is 0.205. The Morgan fingerprint density at radius 1 is 1.30 bits per heavy atom. The first-order valence-corrected chi connectivity index (χ1v) is 7.02. The van der Waals surface area contributed by atoms with Crippen LogP contribution in [0.4, 0.5) is 0 Å². The first kappa shape index (κ1) is 14.4. The lowest BCUT2D eigenvalue weighted by molar-refractivity contribution is 0.0954. The lowest BCUT2D eigenvalue weighted by Crippen LogP contribution is -2.17. The number of benzene rings is 1. The Morgan fingerprint density at radius 2 is 2.15 bits per heavy atom. The van der Waals surface area contributed by atoms with Crippen molar-refractivity contribution in [2.45, 2.75) is 39.0 Å². The average Bonchev–Trinajstić information content (AvgIpc) is 2.93. The number of unbranched alkanes of at least 4 members (excludes halogenated alkanes) is 4.